The molecule has 4 rings (SSSR count). The summed E-state index contributed by atoms with van der Waals surface area (Å²) in [6.07, 6.45) is 2.17. The summed E-state index contributed by atoms with van der Waals surface area (Å²) in [5.41, 5.74) is 4.89. The Hall–Kier alpha value is -3.16. The van der Waals surface area contributed by atoms with Gasteiger partial charge in [0.05, 0.1) is 27.1 Å². The van der Waals surface area contributed by atoms with Crippen LogP contribution in [0.25, 0.3) is 21.3 Å². The minimum absolute atomic E-state index is 0.0351. The zero-order valence-corrected chi connectivity index (χ0v) is 18.7. The third-order valence-electron chi connectivity index (χ3n) is 5.30. The lowest BCUT2D eigenvalue weighted by molar-refractivity contribution is -0.139. The highest BCUT2D eigenvalue weighted by Gasteiger charge is 2.23. The molecule has 1 atom stereocenters. The van der Waals surface area contributed by atoms with Gasteiger partial charge in [-0.1, -0.05) is 36.7 Å². The van der Waals surface area contributed by atoms with Gasteiger partial charge in [0.25, 0.3) is 0 Å². The Morgan fingerprint density at radius 2 is 2.06 bits per heavy atom. The molecule has 2 aromatic heterocycles. The van der Waals surface area contributed by atoms with Gasteiger partial charge in [0, 0.05) is 23.2 Å². The van der Waals surface area contributed by atoms with Gasteiger partial charge in [-0.3, -0.25) is 9.78 Å². The van der Waals surface area contributed by atoms with Crippen LogP contribution in [0.3, 0.4) is 0 Å². The quantitative estimate of drug-likeness (QED) is 0.316. The van der Waals surface area contributed by atoms with Crippen molar-refractivity contribution in [3.8, 4) is 11.1 Å². The first-order valence-electron chi connectivity index (χ1n) is 9.96. The van der Waals surface area contributed by atoms with Gasteiger partial charge in [0.15, 0.2) is 0 Å². The average molecular weight is 468 g/mol. The van der Waals surface area contributed by atoms with E-state index < -0.39 is 11.9 Å². The molecule has 4 aromatic rings. The van der Waals surface area contributed by atoms with Crippen LogP contribution in [0, 0.1) is 17.1 Å². The number of hydrogen-bond donors (Lipinski definition) is 2. The first kappa shape index (κ1) is 22.0. The molecule has 32 heavy (non-hydrogen) atoms. The highest BCUT2D eigenvalue weighted by atomic mass is 35.5. The summed E-state index contributed by atoms with van der Waals surface area (Å²) < 4.78 is 16.5. The van der Waals surface area contributed by atoms with Gasteiger partial charge in [-0.2, -0.15) is 0 Å². The van der Waals surface area contributed by atoms with Crippen LogP contribution in [-0.4, -0.2) is 26.8 Å². The summed E-state index contributed by atoms with van der Waals surface area (Å²) in [6.45, 7) is 1.72. The fraction of sp³-hybridized carbons (Fsp3) is 0.167. The SMILES string of the molecule is CC[C@@H](C(=N)c1ccc(Cc2cc3scnc3c(-c3cccc(Cl)c3)c2F)cn1)C(=O)O. The normalized spacial score (nSPS) is 12.1. The Morgan fingerprint density at radius 1 is 1.25 bits per heavy atom. The number of halogens is 2. The summed E-state index contributed by atoms with van der Waals surface area (Å²) in [6, 6.07) is 12.2. The number of thiazole rings is 1. The monoisotopic (exact) mass is 467 g/mol. The van der Waals surface area contributed by atoms with Crippen molar-refractivity contribution in [2.45, 2.75) is 19.8 Å². The summed E-state index contributed by atoms with van der Waals surface area (Å²) in [7, 11) is 0. The van der Waals surface area contributed by atoms with E-state index in [2.05, 4.69) is 9.97 Å². The summed E-state index contributed by atoms with van der Waals surface area (Å²) in [5, 5.41) is 17.9. The molecule has 0 spiro atoms. The molecule has 0 bridgehead atoms. The van der Waals surface area contributed by atoms with Gasteiger partial charge in [-0.15, -0.1) is 11.3 Å². The zero-order valence-electron chi connectivity index (χ0n) is 17.1. The third-order valence-corrected chi connectivity index (χ3v) is 6.31. The minimum Gasteiger partial charge on any atom is -0.481 e. The van der Waals surface area contributed by atoms with E-state index in [0.29, 0.717) is 45.8 Å². The maximum Gasteiger partial charge on any atom is 0.312 e. The largest absolute Gasteiger partial charge is 0.481 e. The van der Waals surface area contributed by atoms with E-state index in [0.717, 1.165) is 10.3 Å². The molecule has 0 saturated heterocycles. The summed E-state index contributed by atoms with van der Waals surface area (Å²) >= 11 is 7.57. The summed E-state index contributed by atoms with van der Waals surface area (Å²) in [4.78, 5) is 19.9. The number of aromatic nitrogens is 2. The van der Waals surface area contributed by atoms with Crippen molar-refractivity contribution in [3.05, 3.63) is 81.8 Å². The Bertz CT molecular complexity index is 1320. The predicted octanol–water partition coefficient (Wildman–Crippen LogP) is 6.22. The Kier molecular flexibility index (Phi) is 6.30. The molecule has 0 amide bonds. The van der Waals surface area contributed by atoms with Crippen LogP contribution in [0.2, 0.25) is 5.02 Å². The number of rotatable bonds is 7. The maximum absolute atomic E-state index is 15.6. The fourth-order valence-electron chi connectivity index (χ4n) is 3.66. The highest BCUT2D eigenvalue weighted by Crippen LogP contribution is 2.36. The lowest BCUT2D eigenvalue weighted by Crippen LogP contribution is -2.24. The molecule has 0 aliphatic heterocycles. The van der Waals surface area contributed by atoms with E-state index in [9.17, 15) is 9.90 Å². The smallest absolute Gasteiger partial charge is 0.312 e. The lowest BCUT2D eigenvalue weighted by Gasteiger charge is -2.12. The van der Waals surface area contributed by atoms with Crippen molar-refractivity contribution in [1.29, 1.82) is 5.41 Å². The zero-order chi connectivity index (χ0) is 22.8. The predicted molar refractivity (Wildman–Crippen MR) is 125 cm³/mol. The topological polar surface area (TPSA) is 86.9 Å². The van der Waals surface area contributed by atoms with Gasteiger partial charge >= 0.3 is 5.97 Å². The second-order valence-electron chi connectivity index (χ2n) is 7.38. The molecule has 0 unspecified atom stereocenters. The molecular weight excluding hydrogens is 449 g/mol. The average Bonchev–Trinajstić information content (AvgIpc) is 3.22. The van der Waals surface area contributed by atoms with Gasteiger partial charge in [0.1, 0.15) is 11.7 Å². The third kappa shape index (κ3) is 4.26. The van der Waals surface area contributed by atoms with E-state index in [4.69, 9.17) is 17.0 Å². The van der Waals surface area contributed by atoms with Gasteiger partial charge in [-0.25, -0.2) is 9.37 Å². The molecule has 2 heterocycles. The molecule has 0 saturated carbocycles. The van der Waals surface area contributed by atoms with E-state index >= 15 is 4.39 Å². The van der Waals surface area contributed by atoms with Crippen molar-refractivity contribution < 1.29 is 14.3 Å². The van der Waals surface area contributed by atoms with Crippen LogP contribution in [0.5, 0.6) is 0 Å². The van der Waals surface area contributed by atoms with E-state index in [-0.39, 0.29) is 11.5 Å². The van der Waals surface area contributed by atoms with Gasteiger partial charge in [-0.05, 0) is 47.4 Å². The standard InChI is InChI=1S/C24H19ClFN3O2S/c1-2-17(24(30)31)22(27)18-7-6-13(11-28-18)8-15-10-19-23(29-12-32-19)20(21(15)26)14-4-3-5-16(25)9-14/h3-7,9-12,17,27H,2,8H2,1H3,(H,30,31)/t17-/m0/s1. The van der Waals surface area contributed by atoms with Gasteiger partial charge < -0.3 is 10.5 Å². The van der Waals surface area contributed by atoms with Crippen LogP contribution in [0.15, 0.2) is 54.2 Å². The number of pyridine rings is 1. The van der Waals surface area contributed by atoms with Crippen molar-refractivity contribution in [2.75, 3.05) is 0 Å². The number of carboxylic acid groups (broad SMARTS) is 1. The van der Waals surface area contributed by atoms with Crippen LogP contribution in [0.1, 0.15) is 30.2 Å². The number of nitrogens with one attached hydrogen (secondary N) is 1. The molecular formula is C24H19ClFN3O2S. The first-order valence-corrected chi connectivity index (χ1v) is 11.2. The van der Waals surface area contributed by atoms with Crippen molar-refractivity contribution in [2.24, 2.45) is 5.92 Å². The van der Waals surface area contributed by atoms with Crippen molar-refractivity contribution in [3.63, 3.8) is 0 Å². The molecule has 0 aliphatic carbocycles. The lowest BCUT2D eigenvalue weighted by atomic mass is 9.96. The van der Waals surface area contributed by atoms with Crippen LogP contribution in [-0.2, 0) is 11.2 Å². The van der Waals surface area contributed by atoms with Crippen LogP contribution >= 0.6 is 22.9 Å². The molecule has 8 heteroatoms. The fourth-order valence-corrected chi connectivity index (χ4v) is 4.60. The number of carbonyl (C=O) groups is 1. The van der Waals surface area contributed by atoms with Crippen LogP contribution in [0.4, 0.5) is 4.39 Å². The number of fused-ring (bicyclic) bond motifs is 1. The summed E-state index contributed by atoms with van der Waals surface area (Å²) in [5.74, 6) is -2.31. The minimum atomic E-state index is -1.04. The Labute approximate surface area is 193 Å². The molecule has 0 radical (unpaired) electrons. The molecule has 5 nitrogen and oxygen atoms in total. The van der Waals surface area contributed by atoms with Crippen LogP contribution < -0.4 is 0 Å². The van der Waals surface area contributed by atoms with E-state index in [1.165, 1.54) is 11.3 Å². The van der Waals surface area contributed by atoms with Crippen molar-refractivity contribution >= 4 is 44.8 Å². The van der Waals surface area contributed by atoms with Gasteiger partial charge in [0.2, 0.25) is 0 Å². The molecule has 2 N–H and O–H groups in total. The second-order valence-corrected chi connectivity index (χ2v) is 8.70. The maximum atomic E-state index is 15.6. The molecule has 2 aromatic carbocycles. The number of benzene rings is 2. The Balaban J connectivity index is 1.69. The number of carboxylic acids is 1. The Morgan fingerprint density at radius 3 is 2.72 bits per heavy atom. The van der Waals surface area contributed by atoms with E-state index in [1.807, 2.05) is 0 Å². The first-order chi connectivity index (χ1) is 15.4. The number of hydrogen-bond acceptors (Lipinski definition) is 5. The molecule has 0 fully saturated rings. The number of aliphatic carboxylic acids is 1. The van der Waals surface area contributed by atoms with E-state index in [1.54, 1.807) is 61.1 Å². The number of nitrogens with zero attached hydrogens (tertiary/aromatic N) is 2. The highest BCUT2D eigenvalue weighted by molar-refractivity contribution is 7.16. The van der Waals surface area contributed by atoms with Crippen molar-refractivity contribution in [1.82, 2.24) is 9.97 Å². The second kappa shape index (κ2) is 9.14. The molecule has 0 aliphatic rings. The molecule has 162 valence electrons.